The van der Waals surface area contributed by atoms with E-state index in [9.17, 15) is 0 Å². The predicted octanol–water partition coefficient (Wildman–Crippen LogP) is 3.35. The van der Waals surface area contributed by atoms with Crippen LogP contribution in [0.3, 0.4) is 0 Å². The number of benzene rings is 1. The van der Waals surface area contributed by atoms with Crippen molar-refractivity contribution in [1.82, 2.24) is 9.88 Å². The van der Waals surface area contributed by atoms with Crippen LogP contribution in [0.1, 0.15) is 22.3 Å². The summed E-state index contributed by atoms with van der Waals surface area (Å²) in [5.74, 6) is 0.838. The highest BCUT2D eigenvalue weighted by atomic mass is 79.9. The maximum Gasteiger partial charge on any atom is 0.119 e. The second kappa shape index (κ2) is 7.35. The third-order valence-electron chi connectivity index (χ3n) is 3.40. The van der Waals surface area contributed by atoms with Crippen molar-refractivity contribution in [2.24, 2.45) is 5.73 Å². The van der Waals surface area contributed by atoms with E-state index in [1.165, 1.54) is 0 Å². The van der Waals surface area contributed by atoms with Crippen LogP contribution in [0.15, 0.2) is 28.1 Å². The number of ether oxygens (including phenoxy) is 1. The standard InChI is InChI=1S/C15H20BrN3OS/c1-10-18-11(9-21-10)8-19(2)15(7-17)13-6-12(20-3)4-5-14(13)16/h4-6,9,15H,7-8,17H2,1-3H3. The molecule has 114 valence electrons. The van der Waals surface area contributed by atoms with Gasteiger partial charge in [0.25, 0.3) is 0 Å². The monoisotopic (exact) mass is 369 g/mol. The van der Waals surface area contributed by atoms with Crippen molar-refractivity contribution in [2.75, 3.05) is 20.7 Å². The van der Waals surface area contributed by atoms with Crippen LogP contribution in [0.25, 0.3) is 0 Å². The first-order valence-electron chi connectivity index (χ1n) is 6.70. The van der Waals surface area contributed by atoms with E-state index in [1.807, 2.05) is 25.1 Å². The lowest BCUT2D eigenvalue weighted by Crippen LogP contribution is -2.30. The molecule has 2 N–H and O–H groups in total. The molecule has 6 heteroatoms. The van der Waals surface area contributed by atoms with Gasteiger partial charge in [-0.15, -0.1) is 11.3 Å². The van der Waals surface area contributed by atoms with Crippen LogP contribution in [0.2, 0.25) is 0 Å². The van der Waals surface area contributed by atoms with Crippen molar-refractivity contribution in [3.05, 3.63) is 44.3 Å². The second-order valence-corrected chi connectivity index (χ2v) is 6.83. The van der Waals surface area contributed by atoms with Crippen LogP contribution in [0.4, 0.5) is 0 Å². The normalized spacial score (nSPS) is 12.7. The minimum Gasteiger partial charge on any atom is -0.497 e. The highest BCUT2D eigenvalue weighted by molar-refractivity contribution is 9.10. The van der Waals surface area contributed by atoms with Crippen LogP contribution < -0.4 is 10.5 Å². The van der Waals surface area contributed by atoms with Gasteiger partial charge in [-0.2, -0.15) is 0 Å². The molecule has 2 aromatic rings. The minimum absolute atomic E-state index is 0.108. The van der Waals surface area contributed by atoms with Gasteiger partial charge in [0.05, 0.1) is 17.8 Å². The highest BCUT2D eigenvalue weighted by Crippen LogP contribution is 2.31. The Balaban J connectivity index is 2.22. The lowest BCUT2D eigenvalue weighted by atomic mass is 10.1. The number of likely N-dealkylation sites (N-methyl/N-ethyl adjacent to an activating group) is 1. The first-order valence-corrected chi connectivity index (χ1v) is 8.37. The Morgan fingerprint density at radius 2 is 2.24 bits per heavy atom. The molecule has 0 aliphatic rings. The third kappa shape index (κ3) is 4.03. The summed E-state index contributed by atoms with van der Waals surface area (Å²) in [5.41, 5.74) is 8.22. The minimum atomic E-state index is 0.108. The summed E-state index contributed by atoms with van der Waals surface area (Å²) in [6.45, 7) is 3.33. The summed E-state index contributed by atoms with van der Waals surface area (Å²) in [6, 6.07) is 6.07. The molecule has 0 bridgehead atoms. The molecule has 4 nitrogen and oxygen atoms in total. The van der Waals surface area contributed by atoms with Crippen LogP contribution in [0.5, 0.6) is 5.75 Å². The van der Waals surface area contributed by atoms with Gasteiger partial charge < -0.3 is 10.5 Å². The largest absolute Gasteiger partial charge is 0.497 e. The molecular formula is C15H20BrN3OS. The van der Waals surface area contributed by atoms with Crippen LogP contribution in [-0.4, -0.2) is 30.6 Å². The Labute approximate surface area is 138 Å². The SMILES string of the molecule is COc1ccc(Br)c(C(CN)N(C)Cc2csc(C)n2)c1. The topological polar surface area (TPSA) is 51.4 Å². The van der Waals surface area contributed by atoms with E-state index in [2.05, 4.69) is 38.2 Å². The van der Waals surface area contributed by atoms with E-state index in [0.717, 1.165) is 33.0 Å². The molecule has 21 heavy (non-hydrogen) atoms. The lowest BCUT2D eigenvalue weighted by molar-refractivity contribution is 0.238. The van der Waals surface area contributed by atoms with Crippen molar-refractivity contribution in [3.63, 3.8) is 0 Å². The number of aryl methyl sites for hydroxylation is 1. The molecule has 0 amide bonds. The predicted molar refractivity (Wildman–Crippen MR) is 90.8 cm³/mol. The van der Waals surface area contributed by atoms with Crippen molar-refractivity contribution >= 4 is 27.3 Å². The van der Waals surface area contributed by atoms with Gasteiger partial charge in [0.1, 0.15) is 5.75 Å². The number of hydrogen-bond donors (Lipinski definition) is 1. The van der Waals surface area contributed by atoms with E-state index in [0.29, 0.717) is 6.54 Å². The van der Waals surface area contributed by atoms with E-state index in [-0.39, 0.29) is 6.04 Å². The molecule has 1 aromatic carbocycles. The molecule has 0 fully saturated rings. The molecule has 2 rings (SSSR count). The summed E-state index contributed by atoms with van der Waals surface area (Å²) in [4.78, 5) is 6.73. The number of halogens is 1. The van der Waals surface area contributed by atoms with Crippen molar-refractivity contribution in [2.45, 2.75) is 19.5 Å². The van der Waals surface area contributed by atoms with E-state index in [4.69, 9.17) is 10.5 Å². The van der Waals surface area contributed by atoms with Gasteiger partial charge in [-0.05, 0) is 37.7 Å². The summed E-state index contributed by atoms with van der Waals surface area (Å²) < 4.78 is 6.36. The maximum atomic E-state index is 6.00. The maximum absolute atomic E-state index is 6.00. The quantitative estimate of drug-likeness (QED) is 0.847. The fraction of sp³-hybridized carbons (Fsp3) is 0.400. The number of nitrogens with zero attached hydrogens (tertiary/aromatic N) is 2. The Hall–Kier alpha value is -0.950. The summed E-state index contributed by atoms with van der Waals surface area (Å²) in [7, 11) is 3.74. The lowest BCUT2D eigenvalue weighted by Gasteiger charge is -2.27. The van der Waals surface area contributed by atoms with Crippen LogP contribution >= 0.6 is 27.3 Å². The third-order valence-corrected chi connectivity index (χ3v) is 4.94. The van der Waals surface area contributed by atoms with Crippen molar-refractivity contribution in [3.8, 4) is 5.75 Å². The Kier molecular flexibility index (Phi) is 5.75. The molecule has 0 spiro atoms. The van der Waals surface area contributed by atoms with Crippen molar-refractivity contribution in [1.29, 1.82) is 0 Å². The molecule has 0 radical (unpaired) electrons. The van der Waals surface area contributed by atoms with Gasteiger partial charge >= 0.3 is 0 Å². The molecular weight excluding hydrogens is 350 g/mol. The number of hydrogen-bond acceptors (Lipinski definition) is 5. The Bertz CT molecular complexity index is 602. The van der Waals surface area contributed by atoms with Crippen molar-refractivity contribution < 1.29 is 4.74 Å². The summed E-state index contributed by atoms with van der Waals surface area (Å²) >= 11 is 5.28. The highest BCUT2D eigenvalue weighted by Gasteiger charge is 2.19. The molecule has 0 saturated carbocycles. The molecule has 0 aliphatic heterocycles. The fourth-order valence-electron chi connectivity index (χ4n) is 2.30. The van der Waals surface area contributed by atoms with Gasteiger partial charge in [-0.1, -0.05) is 15.9 Å². The fourth-order valence-corrected chi connectivity index (χ4v) is 3.41. The van der Waals surface area contributed by atoms with Gasteiger partial charge in [-0.25, -0.2) is 4.98 Å². The zero-order valence-corrected chi connectivity index (χ0v) is 14.9. The number of aromatic nitrogens is 1. The smallest absolute Gasteiger partial charge is 0.119 e. The van der Waals surface area contributed by atoms with Gasteiger partial charge in [0.2, 0.25) is 0 Å². The molecule has 1 unspecified atom stereocenters. The average Bonchev–Trinajstić information content (AvgIpc) is 2.87. The molecule has 1 heterocycles. The molecule has 1 aromatic heterocycles. The second-order valence-electron chi connectivity index (χ2n) is 4.91. The number of rotatable bonds is 6. The number of nitrogens with two attached hydrogens (primary N) is 1. The van der Waals surface area contributed by atoms with Crippen LogP contribution in [0, 0.1) is 6.92 Å². The summed E-state index contributed by atoms with van der Waals surface area (Å²) in [5, 5.41) is 3.19. The Morgan fingerprint density at radius 3 is 2.81 bits per heavy atom. The van der Waals surface area contributed by atoms with Gasteiger partial charge in [0, 0.05) is 29.0 Å². The first kappa shape index (κ1) is 16.4. The van der Waals surface area contributed by atoms with E-state index >= 15 is 0 Å². The molecule has 0 saturated heterocycles. The molecule has 0 aliphatic carbocycles. The summed E-state index contributed by atoms with van der Waals surface area (Å²) in [6.07, 6.45) is 0. The average molecular weight is 370 g/mol. The zero-order valence-electron chi connectivity index (χ0n) is 12.5. The van der Waals surface area contributed by atoms with Crippen LogP contribution in [-0.2, 0) is 6.54 Å². The first-order chi connectivity index (χ1) is 10.0. The van der Waals surface area contributed by atoms with Gasteiger partial charge in [-0.3, -0.25) is 4.90 Å². The Morgan fingerprint density at radius 1 is 1.48 bits per heavy atom. The van der Waals surface area contributed by atoms with E-state index in [1.54, 1.807) is 18.4 Å². The molecule has 1 atom stereocenters. The van der Waals surface area contributed by atoms with E-state index < -0.39 is 0 Å². The number of thiazole rings is 1. The number of methoxy groups -OCH3 is 1. The van der Waals surface area contributed by atoms with Gasteiger partial charge in [0.15, 0.2) is 0 Å². The zero-order chi connectivity index (χ0) is 15.4.